The summed E-state index contributed by atoms with van der Waals surface area (Å²) in [7, 11) is 3.90. The average Bonchev–Trinajstić information content (AvgIpc) is 2.44. The highest BCUT2D eigenvalue weighted by Crippen LogP contribution is 2.30. The molecule has 0 amide bonds. The number of ether oxygens (including phenoxy) is 1. The third kappa shape index (κ3) is 4.76. The van der Waals surface area contributed by atoms with Crippen molar-refractivity contribution < 1.29 is 4.74 Å². The molecule has 20 heavy (non-hydrogen) atoms. The van der Waals surface area contributed by atoms with E-state index >= 15 is 0 Å². The van der Waals surface area contributed by atoms with Crippen molar-refractivity contribution in [1.29, 1.82) is 0 Å². The zero-order valence-corrected chi connectivity index (χ0v) is 14.9. The number of rotatable bonds is 8. The van der Waals surface area contributed by atoms with Crippen molar-refractivity contribution in [3.8, 4) is 0 Å². The minimum Gasteiger partial charge on any atom is -0.383 e. The normalized spacial score (nSPS) is 11.7. The maximum Gasteiger partial charge on any atom is 0.0587 e. The summed E-state index contributed by atoms with van der Waals surface area (Å²) in [4.78, 5) is 2.37. The average molecular weight is 343 g/mol. The van der Waals surface area contributed by atoms with E-state index in [0.29, 0.717) is 0 Å². The van der Waals surface area contributed by atoms with Crippen LogP contribution >= 0.6 is 15.9 Å². The van der Waals surface area contributed by atoms with E-state index in [1.54, 1.807) is 7.11 Å². The quantitative estimate of drug-likeness (QED) is 0.727. The van der Waals surface area contributed by atoms with Crippen LogP contribution in [0.2, 0.25) is 0 Å². The van der Waals surface area contributed by atoms with E-state index in [1.807, 2.05) is 0 Å². The summed E-state index contributed by atoms with van der Waals surface area (Å²) < 4.78 is 6.19. The highest BCUT2D eigenvalue weighted by molar-refractivity contribution is 9.10. The highest BCUT2D eigenvalue weighted by atomic mass is 79.9. The van der Waals surface area contributed by atoms with Crippen LogP contribution in [0.5, 0.6) is 0 Å². The first-order valence-electron chi connectivity index (χ1n) is 7.14. The Morgan fingerprint density at radius 3 is 2.65 bits per heavy atom. The number of anilines is 1. The van der Waals surface area contributed by atoms with Crippen molar-refractivity contribution in [1.82, 2.24) is 5.32 Å². The lowest BCUT2D eigenvalue weighted by Crippen LogP contribution is -2.41. The summed E-state index contributed by atoms with van der Waals surface area (Å²) in [5.41, 5.74) is 2.73. The third-order valence-corrected chi connectivity index (χ3v) is 4.47. The van der Waals surface area contributed by atoms with Gasteiger partial charge in [-0.25, -0.2) is 0 Å². The highest BCUT2D eigenvalue weighted by Gasteiger charge is 2.23. The number of benzene rings is 1. The van der Waals surface area contributed by atoms with Crippen molar-refractivity contribution in [3.05, 3.63) is 28.2 Å². The fraction of sp³-hybridized carbons (Fsp3) is 0.625. The molecule has 1 aromatic rings. The minimum absolute atomic E-state index is 0.141. The topological polar surface area (TPSA) is 24.5 Å². The van der Waals surface area contributed by atoms with Gasteiger partial charge < -0.3 is 15.0 Å². The molecule has 0 fully saturated rings. The minimum atomic E-state index is 0.141. The number of methoxy groups -OCH3 is 1. The Morgan fingerprint density at radius 1 is 1.35 bits per heavy atom. The first-order chi connectivity index (χ1) is 9.42. The first kappa shape index (κ1) is 17.5. The lowest BCUT2D eigenvalue weighted by atomic mass is 9.98. The van der Waals surface area contributed by atoms with Crippen molar-refractivity contribution >= 4 is 21.6 Å². The molecule has 0 saturated carbocycles. The third-order valence-electron chi connectivity index (χ3n) is 3.98. The number of nitrogens with one attached hydrogen (secondary N) is 1. The molecule has 4 heteroatoms. The van der Waals surface area contributed by atoms with E-state index in [-0.39, 0.29) is 5.54 Å². The summed E-state index contributed by atoms with van der Waals surface area (Å²) in [6, 6.07) is 6.48. The molecule has 0 atom stereocenters. The van der Waals surface area contributed by atoms with E-state index in [4.69, 9.17) is 4.74 Å². The van der Waals surface area contributed by atoms with Gasteiger partial charge in [0.1, 0.15) is 0 Å². The molecule has 0 aliphatic rings. The van der Waals surface area contributed by atoms with Crippen LogP contribution in [0.3, 0.4) is 0 Å². The van der Waals surface area contributed by atoms with Crippen molar-refractivity contribution in [3.63, 3.8) is 0 Å². The van der Waals surface area contributed by atoms with Gasteiger partial charge in [-0.3, -0.25) is 0 Å². The molecule has 0 bridgehead atoms. The van der Waals surface area contributed by atoms with Crippen LogP contribution in [0.4, 0.5) is 5.69 Å². The van der Waals surface area contributed by atoms with Gasteiger partial charge >= 0.3 is 0 Å². The second-order valence-corrected chi connectivity index (χ2v) is 6.58. The molecule has 0 spiro atoms. The Hall–Kier alpha value is -0.580. The standard InChI is InChI=1S/C16H27BrN2O/c1-6-16(2,3)19(4)15-11-14(17)8-7-13(15)12-18-9-10-20-5/h7-8,11,18H,6,9-10,12H2,1-5H3. The lowest BCUT2D eigenvalue weighted by molar-refractivity contribution is 0.199. The summed E-state index contributed by atoms with van der Waals surface area (Å²) in [5.74, 6) is 0. The predicted molar refractivity (Wildman–Crippen MR) is 90.5 cm³/mol. The maximum absolute atomic E-state index is 5.07. The first-order valence-corrected chi connectivity index (χ1v) is 7.93. The van der Waals surface area contributed by atoms with Crippen LogP contribution < -0.4 is 10.2 Å². The molecule has 0 saturated heterocycles. The zero-order valence-electron chi connectivity index (χ0n) is 13.3. The van der Waals surface area contributed by atoms with Gasteiger partial charge in [0.25, 0.3) is 0 Å². The Kier molecular flexibility index (Phi) is 7.00. The molecule has 1 rings (SSSR count). The number of nitrogens with zero attached hydrogens (tertiary/aromatic N) is 1. The Labute approximate surface area is 131 Å². The smallest absolute Gasteiger partial charge is 0.0587 e. The van der Waals surface area contributed by atoms with Crippen LogP contribution in [0.25, 0.3) is 0 Å². The van der Waals surface area contributed by atoms with Crippen LogP contribution in [0.15, 0.2) is 22.7 Å². The van der Waals surface area contributed by atoms with E-state index in [9.17, 15) is 0 Å². The van der Waals surface area contributed by atoms with E-state index in [0.717, 1.165) is 30.6 Å². The largest absolute Gasteiger partial charge is 0.383 e. The van der Waals surface area contributed by atoms with E-state index < -0.39 is 0 Å². The molecule has 0 unspecified atom stereocenters. The molecular weight excluding hydrogens is 316 g/mol. The van der Waals surface area contributed by atoms with E-state index in [1.165, 1.54) is 11.3 Å². The van der Waals surface area contributed by atoms with Crippen molar-refractivity contribution in [2.24, 2.45) is 0 Å². The number of hydrogen-bond donors (Lipinski definition) is 1. The molecule has 0 radical (unpaired) electrons. The van der Waals surface area contributed by atoms with Gasteiger partial charge in [0, 0.05) is 42.9 Å². The lowest BCUT2D eigenvalue weighted by Gasteiger charge is -2.38. The zero-order chi connectivity index (χ0) is 15.2. The second-order valence-electron chi connectivity index (χ2n) is 5.67. The van der Waals surface area contributed by atoms with Gasteiger partial charge in [0.2, 0.25) is 0 Å². The Morgan fingerprint density at radius 2 is 2.05 bits per heavy atom. The number of hydrogen-bond acceptors (Lipinski definition) is 3. The molecule has 3 nitrogen and oxygen atoms in total. The van der Waals surface area contributed by atoms with Crippen LogP contribution in [-0.2, 0) is 11.3 Å². The Bertz CT molecular complexity index is 421. The monoisotopic (exact) mass is 342 g/mol. The molecule has 114 valence electrons. The van der Waals surface area contributed by atoms with Crippen LogP contribution in [-0.4, -0.2) is 32.8 Å². The fourth-order valence-electron chi connectivity index (χ4n) is 1.96. The summed E-state index contributed by atoms with van der Waals surface area (Å²) in [6.45, 7) is 9.24. The summed E-state index contributed by atoms with van der Waals surface area (Å²) >= 11 is 3.58. The fourth-order valence-corrected chi connectivity index (χ4v) is 2.31. The molecule has 0 heterocycles. The summed E-state index contributed by atoms with van der Waals surface area (Å²) in [6.07, 6.45) is 1.10. The number of halogens is 1. The molecule has 0 aliphatic heterocycles. The van der Waals surface area contributed by atoms with Gasteiger partial charge in [-0.2, -0.15) is 0 Å². The van der Waals surface area contributed by atoms with Gasteiger partial charge in [-0.15, -0.1) is 0 Å². The molecule has 0 aromatic heterocycles. The van der Waals surface area contributed by atoms with E-state index in [2.05, 4.69) is 72.2 Å². The molecule has 1 N–H and O–H groups in total. The van der Waals surface area contributed by atoms with Gasteiger partial charge in [-0.1, -0.05) is 28.9 Å². The predicted octanol–water partition coefficient (Wildman–Crippen LogP) is 3.81. The molecule has 1 aromatic carbocycles. The van der Waals surface area contributed by atoms with Crippen LogP contribution in [0, 0.1) is 0 Å². The Balaban J connectivity index is 2.90. The molecule has 0 aliphatic carbocycles. The summed E-state index contributed by atoms with van der Waals surface area (Å²) in [5, 5.41) is 3.42. The van der Waals surface area contributed by atoms with Crippen molar-refractivity contribution in [2.45, 2.75) is 39.3 Å². The van der Waals surface area contributed by atoms with Gasteiger partial charge in [0.05, 0.1) is 6.61 Å². The van der Waals surface area contributed by atoms with Crippen LogP contribution in [0.1, 0.15) is 32.8 Å². The SMILES string of the molecule is CCC(C)(C)N(C)c1cc(Br)ccc1CNCCOC. The van der Waals surface area contributed by atoms with Gasteiger partial charge in [-0.05, 0) is 38.0 Å². The van der Waals surface area contributed by atoms with Crippen molar-refractivity contribution in [2.75, 3.05) is 32.2 Å². The maximum atomic E-state index is 5.07. The molecular formula is C16H27BrN2O. The van der Waals surface area contributed by atoms with Gasteiger partial charge in [0.15, 0.2) is 0 Å². The second kappa shape index (κ2) is 8.01.